The summed E-state index contributed by atoms with van der Waals surface area (Å²) in [6.45, 7) is 2.42. The van der Waals surface area contributed by atoms with E-state index in [9.17, 15) is 13.6 Å². The third-order valence-electron chi connectivity index (χ3n) is 4.31. The molecule has 3 aromatic rings. The van der Waals surface area contributed by atoms with Gasteiger partial charge in [0.05, 0.1) is 17.4 Å². The lowest BCUT2D eigenvalue weighted by atomic mass is 10.0. The van der Waals surface area contributed by atoms with Gasteiger partial charge in [0.2, 0.25) is 0 Å². The van der Waals surface area contributed by atoms with E-state index in [1.807, 2.05) is 23.7 Å². The summed E-state index contributed by atoms with van der Waals surface area (Å²) in [4.78, 5) is 16.7. The Bertz CT molecular complexity index is 901. The molecule has 0 aliphatic rings. The van der Waals surface area contributed by atoms with Crippen LogP contribution in [0.2, 0.25) is 0 Å². The molecule has 1 aromatic heterocycles. The van der Waals surface area contributed by atoms with Crippen LogP contribution in [0.25, 0.3) is 11.0 Å². The Kier molecular flexibility index (Phi) is 4.79. The Morgan fingerprint density at radius 2 is 1.92 bits per heavy atom. The first-order chi connectivity index (χ1) is 12.0. The van der Waals surface area contributed by atoms with Gasteiger partial charge in [0, 0.05) is 30.3 Å². The Hall–Kier alpha value is -2.76. The third-order valence-corrected chi connectivity index (χ3v) is 4.31. The van der Waals surface area contributed by atoms with Gasteiger partial charge in [0.15, 0.2) is 0 Å². The molecule has 6 heteroatoms. The second-order valence-corrected chi connectivity index (χ2v) is 5.89. The maximum absolute atomic E-state index is 12.6. The van der Waals surface area contributed by atoms with Crippen LogP contribution in [0.4, 0.5) is 8.78 Å². The Morgan fingerprint density at radius 1 is 1.20 bits per heavy atom. The van der Waals surface area contributed by atoms with Crippen molar-refractivity contribution in [3.63, 3.8) is 0 Å². The van der Waals surface area contributed by atoms with E-state index in [-0.39, 0.29) is 11.5 Å². The van der Waals surface area contributed by atoms with Gasteiger partial charge in [0.25, 0.3) is 12.3 Å². The molecule has 4 nitrogen and oxygen atoms in total. The molecule has 2 aromatic carbocycles. The minimum Gasteiger partial charge on any atom is -0.348 e. The van der Waals surface area contributed by atoms with Gasteiger partial charge in [-0.2, -0.15) is 0 Å². The highest BCUT2D eigenvalue weighted by molar-refractivity contribution is 5.94. The molecule has 0 unspecified atom stereocenters. The number of aromatic nitrogens is 2. The zero-order valence-corrected chi connectivity index (χ0v) is 14.1. The third kappa shape index (κ3) is 3.38. The number of carbonyl (C=O) groups excluding carboxylic acids is 1. The summed E-state index contributed by atoms with van der Waals surface area (Å²) in [5, 5.41) is 2.88. The van der Waals surface area contributed by atoms with Crippen LogP contribution in [0.15, 0.2) is 42.7 Å². The standard InChI is InChI=1S/C19H19F2N3O/c1-3-12-8-9-16-17(24(2)11-23-16)15(12)10-22-19(25)14-6-4-13(5-7-14)18(20)21/h4-9,11,18H,3,10H2,1-2H3,(H,22,25). The topological polar surface area (TPSA) is 46.9 Å². The number of amides is 1. The largest absolute Gasteiger partial charge is 0.348 e. The van der Waals surface area contributed by atoms with Gasteiger partial charge in [-0.05, 0) is 30.2 Å². The van der Waals surface area contributed by atoms with Crippen LogP contribution in [-0.2, 0) is 20.0 Å². The lowest BCUT2D eigenvalue weighted by Gasteiger charge is -2.12. The molecule has 0 aliphatic carbocycles. The summed E-state index contributed by atoms with van der Waals surface area (Å²) < 4.78 is 27.1. The lowest BCUT2D eigenvalue weighted by molar-refractivity contribution is 0.0950. The first kappa shape index (κ1) is 17.1. The van der Waals surface area contributed by atoms with E-state index in [2.05, 4.69) is 17.2 Å². The Labute approximate surface area is 144 Å². The fourth-order valence-corrected chi connectivity index (χ4v) is 2.95. The number of rotatable bonds is 5. The molecule has 0 atom stereocenters. The van der Waals surface area contributed by atoms with E-state index in [4.69, 9.17) is 0 Å². The predicted octanol–water partition coefficient (Wildman–Crippen LogP) is 4.00. The monoisotopic (exact) mass is 343 g/mol. The van der Waals surface area contributed by atoms with Crippen molar-refractivity contribution in [2.24, 2.45) is 7.05 Å². The second-order valence-electron chi connectivity index (χ2n) is 5.89. The number of hydrogen-bond acceptors (Lipinski definition) is 2. The molecule has 1 N–H and O–H groups in total. The fourth-order valence-electron chi connectivity index (χ4n) is 2.95. The van der Waals surface area contributed by atoms with Gasteiger partial charge < -0.3 is 9.88 Å². The molecule has 0 aliphatic heterocycles. The molecule has 130 valence electrons. The number of alkyl halides is 2. The zero-order valence-electron chi connectivity index (χ0n) is 14.1. The summed E-state index contributed by atoms with van der Waals surface area (Å²) >= 11 is 0. The van der Waals surface area contributed by atoms with Gasteiger partial charge >= 0.3 is 0 Å². The molecule has 0 fully saturated rings. The van der Waals surface area contributed by atoms with Crippen molar-refractivity contribution in [1.29, 1.82) is 0 Å². The summed E-state index contributed by atoms with van der Waals surface area (Å²) in [6, 6.07) is 9.39. The van der Waals surface area contributed by atoms with Gasteiger partial charge in [-0.15, -0.1) is 0 Å². The number of fused-ring (bicyclic) bond motifs is 1. The van der Waals surface area contributed by atoms with Crippen molar-refractivity contribution >= 4 is 16.9 Å². The quantitative estimate of drug-likeness (QED) is 0.761. The van der Waals surface area contributed by atoms with E-state index >= 15 is 0 Å². The summed E-state index contributed by atoms with van der Waals surface area (Å²) in [5.41, 5.74) is 4.31. The Balaban J connectivity index is 1.82. The SMILES string of the molecule is CCc1ccc2ncn(C)c2c1CNC(=O)c1ccc(C(F)F)cc1. The van der Waals surface area contributed by atoms with Crippen LogP contribution in [0.3, 0.4) is 0 Å². The van der Waals surface area contributed by atoms with Gasteiger partial charge in [0.1, 0.15) is 0 Å². The van der Waals surface area contributed by atoms with Crippen molar-refractivity contribution in [2.75, 3.05) is 0 Å². The average molecular weight is 343 g/mol. The van der Waals surface area contributed by atoms with Crippen molar-refractivity contribution in [3.05, 3.63) is 65.0 Å². The molecule has 3 rings (SSSR count). The van der Waals surface area contributed by atoms with E-state index in [0.717, 1.165) is 28.6 Å². The number of nitrogens with zero attached hydrogens (tertiary/aromatic N) is 2. The summed E-state index contributed by atoms with van der Waals surface area (Å²) in [5.74, 6) is -0.290. The van der Waals surface area contributed by atoms with Crippen LogP contribution < -0.4 is 5.32 Å². The molecule has 0 bridgehead atoms. The molecule has 0 saturated heterocycles. The second kappa shape index (κ2) is 7.01. The minimum atomic E-state index is -2.54. The lowest BCUT2D eigenvalue weighted by Crippen LogP contribution is -2.23. The number of hydrogen-bond donors (Lipinski definition) is 1. The maximum atomic E-state index is 12.6. The highest BCUT2D eigenvalue weighted by Gasteiger charge is 2.13. The van der Waals surface area contributed by atoms with Crippen molar-refractivity contribution in [3.8, 4) is 0 Å². The molecule has 1 amide bonds. The molecular weight excluding hydrogens is 324 g/mol. The maximum Gasteiger partial charge on any atom is 0.263 e. The number of carbonyl (C=O) groups is 1. The summed E-state index contributed by atoms with van der Waals surface area (Å²) in [7, 11) is 1.92. The highest BCUT2D eigenvalue weighted by Crippen LogP contribution is 2.22. The van der Waals surface area contributed by atoms with E-state index in [1.165, 1.54) is 24.3 Å². The normalized spacial score (nSPS) is 11.2. The number of halogens is 2. The zero-order chi connectivity index (χ0) is 18.0. The van der Waals surface area contributed by atoms with Crippen LogP contribution in [0.5, 0.6) is 0 Å². The number of nitrogens with one attached hydrogen (secondary N) is 1. The average Bonchev–Trinajstić information content (AvgIpc) is 3.00. The first-order valence-corrected chi connectivity index (χ1v) is 8.09. The minimum absolute atomic E-state index is 0.0931. The summed E-state index contributed by atoms with van der Waals surface area (Å²) in [6.07, 6.45) is 0.0557. The van der Waals surface area contributed by atoms with Crippen LogP contribution in [-0.4, -0.2) is 15.5 Å². The first-order valence-electron chi connectivity index (χ1n) is 8.09. The van der Waals surface area contributed by atoms with Gasteiger partial charge in [-0.1, -0.05) is 25.1 Å². The van der Waals surface area contributed by atoms with Gasteiger partial charge in [-0.25, -0.2) is 13.8 Å². The van der Waals surface area contributed by atoms with Gasteiger partial charge in [-0.3, -0.25) is 4.79 Å². The van der Waals surface area contributed by atoms with Crippen molar-refractivity contribution < 1.29 is 13.6 Å². The number of aryl methyl sites for hydroxylation is 2. The number of imidazole rings is 1. The number of benzene rings is 2. The smallest absolute Gasteiger partial charge is 0.263 e. The van der Waals surface area contributed by atoms with Crippen molar-refractivity contribution in [2.45, 2.75) is 26.3 Å². The van der Waals surface area contributed by atoms with E-state index in [0.29, 0.717) is 12.1 Å². The molecule has 25 heavy (non-hydrogen) atoms. The molecular formula is C19H19F2N3O. The molecule has 0 spiro atoms. The van der Waals surface area contributed by atoms with E-state index < -0.39 is 6.43 Å². The molecule has 0 saturated carbocycles. The fraction of sp³-hybridized carbons (Fsp3) is 0.263. The van der Waals surface area contributed by atoms with E-state index in [1.54, 1.807) is 6.33 Å². The van der Waals surface area contributed by atoms with Crippen LogP contribution in [0, 0.1) is 0 Å². The molecule has 1 heterocycles. The molecule has 0 radical (unpaired) electrons. The highest BCUT2D eigenvalue weighted by atomic mass is 19.3. The van der Waals surface area contributed by atoms with Crippen LogP contribution >= 0.6 is 0 Å². The van der Waals surface area contributed by atoms with Crippen molar-refractivity contribution in [1.82, 2.24) is 14.9 Å². The predicted molar refractivity (Wildman–Crippen MR) is 92.7 cm³/mol. The van der Waals surface area contributed by atoms with Crippen LogP contribution in [0.1, 0.15) is 40.4 Å². The Morgan fingerprint density at radius 3 is 2.56 bits per heavy atom.